The van der Waals surface area contributed by atoms with E-state index < -0.39 is 28.1 Å². The molecule has 0 unspecified atom stereocenters. The van der Waals surface area contributed by atoms with Crippen molar-refractivity contribution in [1.82, 2.24) is 10.6 Å². The van der Waals surface area contributed by atoms with Gasteiger partial charge in [0.1, 0.15) is 6.04 Å². The Morgan fingerprint density at radius 2 is 2.00 bits per heavy atom. The van der Waals surface area contributed by atoms with Gasteiger partial charge in [-0.25, -0.2) is 23.1 Å². The number of nitrogens with two attached hydrogens (primary N) is 1. The molecule has 9 heteroatoms. The first-order valence-corrected chi connectivity index (χ1v) is 7.25. The van der Waals surface area contributed by atoms with E-state index in [-0.39, 0.29) is 18.7 Å². The van der Waals surface area contributed by atoms with Crippen LogP contribution >= 0.6 is 0 Å². The van der Waals surface area contributed by atoms with Crippen LogP contribution in [0.3, 0.4) is 0 Å². The number of hydrogen-bond donors (Lipinski definition) is 4. The number of hydrogen-bond acceptors (Lipinski definition) is 4. The Balaban J connectivity index is 3.92. The van der Waals surface area contributed by atoms with E-state index in [2.05, 4.69) is 10.6 Å². The molecule has 0 heterocycles. The van der Waals surface area contributed by atoms with Crippen LogP contribution in [-0.2, 0) is 14.8 Å². The van der Waals surface area contributed by atoms with Crippen LogP contribution in [0.15, 0.2) is 0 Å². The molecule has 8 nitrogen and oxygen atoms in total. The molecule has 2 amide bonds. The number of carbonyl (C=O) groups is 2. The van der Waals surface area contributed by atoms with Crippen LogP contribution in [-0.4, -0.2) is 43.9 Å². The summed E-state index contributed by atoms with van der Waals surface area (Å²) in [4.78, 5) is 22.0. The molecule has 0 fully saturated rings. The van der Waals surface area contributed by atoms with Gasteiger partial charge in [0, 0.05) is 6.54 Å². The largest absolute Gasteiger partial charge is 0.480 e. The van der Waals surface area contributed by atoms with E-state index in [1.54, 1.807) is 0 Å². The second kappa shape index (κ2) is 7.88. The molecule has 5 N–H and O–H groups in total. The Morgan fingerprint density at radius 1 is 1.39 bits per heavy atom. The average Bonchev–Trinajstić information content (AvgIpc) is 2.22. The number of rotatable bonds is 8. The van der Waals surface area contributed by atoms with Crippen molar-refractivity contribution < 1.29 is 23.1 Å². The molecule has 0 saturated heterocycles. The number of carboxylic acid groups (broad SMARTS) is 1. The first kappa shape index (κ1) is 16.6. The standard InChI is InChI=1S/C9H19N3O5S/c1-2-4-7(8(13)14)12-9(15)11-5-3-6-18(10,16)17/h7H,2-6H2,1H3,(H,13,14)(H2,10,16,17)(H2,11,12,15)/t7-/m0/s1. The van der Waals surface area contributed by atoms with Crippen LogP contribution < -0.4 is 15.8 Å². The summed E-state index contributed by atoms with van der Waals surface area (Å²) >= 11 is 0. The number of sulfonamides is 1. The van der Waals surface area contributed by atoms with Crippen LogP contribution in [0.4, 0.5) is 4.79 Å². The summed E-state index contributed by atoms with van der Waals surface area (Å²) in [6.45, 7) is 1.92. The fraction of sp³-hybridized carbons (Fsp3) is 0.778. The highest BCUT2D eigenvalue weighted by Crippen LogP contribution is 1.96. The highest BCUT2D eigenvalue weighted by Gasteiger charge is 2.18. The summed E-state index contributed by atoms with van der Waals surface area (Å²) in [5.41, 5.74) is 0. The van der Waals surface area contributed by atoms with Gasteiger partial charge in [-0.3, -0.25) is 0 Å². The summed E-state index contributed by atoms with van der Waals surface area (Å²) in [6, 6.07) is -1.57. The van der Waals surface area contributed by atoms with Crippen molar-refractivity contribution in [3.8, 4) is 0 Å². The van der Waals surface area contributed by atoms with Gasteiger partial charge in [-0.15, -0.1) is 0 Å². The molecule has 0 aliphatic heterocycles. The molecule has 0 aromatic heterocycles. The molecular formula is C9H19N3O5S. The van der Waals surface area contributed by atoms with Crippen molar-refractivity contribution in [1.29, 1.82) is 0 Å². The predicted octanol–water partition coefficient (Wildman–Crippen LogP) is -0.782. The Bertz CT molecular complexity index is 382. The summed E-state index contributed by atoms with van der Waals surface area (Å²) in [5.74, 6) is -1.33. The number of carboxylic acids is 1. The van der Waals surface area contributed by atoms with Crippen molar-refractivity contribution in [3.63, 3.8) is 0 Å². The van der Waals surface area contributed by atoms with Crippen LogP contribution in [0.1, 0.15) is 26.2 Å². The molecule has 0 spiro atoms. The fourth-order valence-corrected chi connectivity index (χ4v) is 1.78. The fourth-order valence-electron chi connectivity index (χ4n) is 1.23. The number of carbonyl (C=O) groups excluding carboxylic acids is 1. The Labute approximate surface area is 106 Å². The number of primary sulfonamides is 1. The van der Waals surface area contributed by atoms with E-state index in [9.17, 15) is 18.0 Å². The zero-order chi connectivity index (χ0) is 14.2. The SMILES string of the molecule is CCC[C@H](NC(=O)NCCCS(N)(=O)=O)C(=O)O. The lowest BCUT2D eigenvalue weighted by Crippen LogP contribution is -2.46. The molecule has 0 rings (SSSR count). The van der Waals surface area contributed by atoms with Crippen LogP contribution in [0, 0.1) is 0 Å². The number of amides is 2. The molecule has 0 radical (unpaired) electrons. The van der Waals surface area contributed by atoms with E-state index in [1.807, 2.05) is 6.92 Å². The third-order valence-electron chi connectivity index (χ3n) is 2.07. The lowest BCUT2D eigenvalue weighted by molar-refractivity contribution is -0.139. The molecular weight excluding hydrogens is 262 g/mol. The van der Waals surface area contributed by atoms with Crippen molar-refractivity contribution >= 4 is 22.0 Å². The van der Waals surface area contributed by atoms with E-state index in [0.717, 1.165) is 0 Å². The van der Waals surface area contributed by atoms with E-state index >= 15 is 0 Å². The lowest BCUT2D eigenvalue weighted by Gasteiger charge is -2.14. The maximum atomic E-state index is 11.3. The van der Waals surface area contributed by atoms with Gasteiger partial charge in [0.2, 0.25) is 10.0 Å². The monoisotopic (exact) mass is 281 g/mol. The van der Waals surface area contributed by atoms with Crippen molar-refractivity contribution in [2.24, 2.45) is 5.14 Å². The second-order valence-electron chi connectivity index (χ2n) is 3.80. The van der Waals surface area contributed by atoms with Gasteiger partial charge in [0.15, 0.2) is 0 Å². The average molecular weight is 281 g/mol. The van der Waals surface area contributed by atoms with Gasteiger partial charge < -0.3 is 15.7 Å². The van der Waals surface area contributed by atoms with E-state index in [1.165, 1.54) is 0 Å². The zero-order valence-electron chi connectivity index (χ0n) is 10.2. The number of urea groups is 1. The topological polar surface area (TPSA) is 139 Å². The zero-order valence-corrected chi connectivity index (χ0v) is 11.0. The lowest BCUT2D eigenvalue weighted by atomic mass is 10.2. The minimum atomic E-state index is -3.53. The maximum Gasteiger partial charge on any atom is 0.326 e. The van der Waals surface area contributed by atoms with Crippen molar-refractivity contribution in [2.45, 2.75) is 32.2 Å². The second-order valence-corrected chi connectivity index (χ2v) is 5.53. The molecule has 0 aromatic rings. The quantitative estimate of drug-likeness (QED) is 0.432. The van der Waals surface area contributed by atoms with Crippen molar-refractivity contribution in [3.05, 3.63) is 0 Å². The third-order valence-corrected chi connectivity index (χ3v) is 2.93. The number of nitrogens with one attached hydrogen (secondary N) is 2. The van der Waals surface area contributed by atoms with E-state index in [4.69, 9.17) is 10.2 Å². The molecule has 106 valence electrons. The summed E-state index contributed by atoms with van der Waals surface area (Å²) in [5, 5.41) is 18.2. The third kappa shape index (κ3) is 8.76. The normalized spacial score (nSPS) is 12.8. The molecule has 0 aromatic carbocycles. The van der Waals surface area contributed by atoms with Gasteiger partial charge in [-0.05, 0) is 12.8 Å². The summed E-state index contributed by atoms with van der Waals surface area (Å²) in [6.07, 6.45) is 1.14. The van der Waals surface area contributed by atoms with Gasteiger partial charge in [0.25, 0.3) is 0 Å². The molecule has 0 saturated carbocycles. The minimum Gasteiger partial charge on any atom is -0.480 e. The van der Waals surface area contributed by atoms with E-state index in [0.29, 0.717) is 12.8 Å². The Kier molecular flexibility index (Phi) is 7.29. The summed E-state index contributed by atoms with van der Waals surface area (Å²) < 4.78 is 21.2. The van der Waals surface area contributed by atoms with Crippen LogP contribution in [0.2, 0.25) is 0 Å². The highest BCUT2D eigenvalue weighted by atomic mass is 32.2. The Morgan fingerprint density at radius 3 is 2.44 bits per heavy atom. The van der Waals surface area contributed by atoms with Crippen LogP contribution in [0.5, 0.6) is 0 Å². The summed E-state index contributed by atoms with van der Waals surface area (Å²) in [7, 11) is -3.53. The smallest absolute Gasteiger partial charge is 0.326 e. The highest BCUT2D eigenvalue weighted by molar-refractivity contribution is 7.89. The maximum absolute atomic E-state index is 11.3. The number of aliphatic carboxylic acids is 1. The Hall–Kier alpha value is -1.35. The van der Waals surface area contributed by atoms with Gasteiger partial charge in [-0.1, -0.05) is 13.3 Å². The molecule has 18 heavy (non-hydrogen) atoms. The first-order valence-electron chi connectivity index (χ1n) is 5.54. The van der Waals surface area contributed by atoms with Gasteiger partial charge >= 0.3 is 12.0 Å². The minimum absolute atomic E-state index is 0.112. The molecule has 0 aliphatic carbocycles. The van der Waals surface area contributed by atoms with Crippen LogP contribution in [0.25, 0.3) is 0 Å². The molecule has 0 aliphatic rings. The predicted molar refractivity (Wildman–Crippen MR) is 65.5 cm³/mol. The van der Waals surface area contributed by atoms with Gasteiger partial charge in [0.05, 0.1) is 5.75 Å². The van der Waals surface area contributed by atoms with Gasteiger partial charge in [-0.2, -0.15) is 0 Å². The molecule has 1 atom stereocenters. The van der Waals surface area contributed by atoms with Crippen molar-refractivity contribution in [2.75, 3.05) is 12.3 Å². The molecule has 0 bridgehead atoms. The first-order chi connectivity index (χ1) is 8.26.